The molecule has 0 fully saturated rings. The molecule has 0 spiro atoms. The second-order valence-electron chi connectivity index (χ2n) is 14.0. The molecule has 0 bridgehead atoms. The zero-order chi connectivity index (χ0) is 36.3. The first-order valence-electron chi connectivity index (χ1n) is 18.5. The number of furan rings is 1. The van der Waals surface area contributed by atoms with E-state index in [9.17, 15) is 0 Å². The summed E-state index contributed by atoms with van der Waals surface area (Å²) in [6, 6.07) is 65.7. The van der Waals surface area contributed by atoms with Crippen molar-refractivity contribution in [3.8, 4) is 56.4 Å². The minimum absolute atomic E-state index is 0.588. The van der Waals surface area contributed by atoms with E-state index in [0.29, 0.717) is 17.5 Å². The highest BCUT2D eigenvalue weighted by Crippen LogP contribution is 2.41. The first kappa shape index (κ1) is 31.1. The van der Waals surface area contributed by atoms with Crippen LogP contribution in [0.4, 0.5) is 0 Å². The van der Waals surface area contributed by atoms with Crippen LogP contribution in [0.15, 0.2) is 192 Å². The SMILES string of the molecule is c1ccc(-c2ccc(-c3nc(-c4ccc5c6ccccc6c6ccccc6c5c4)nc(-c4cc(-c5ccccc5)cc5oc6ccccc6c45)n3)cc2)cc1. The highest BCUT2D eigenvalue weighted by Gasteiger charge is 2.20. The highest BCUT2D eigenvalue weighted by atomic mass is 16.3. The Labute approximate surface area is 317 Å². The Morgan fingerprint density at radius 3 is 1.38 bits per heavy atom. The van der Waals surface area contributed by atoms with Crippen LogP contribution in [0.2, 0.25) is 0 Å². The van der Waals surface area contributed by atoms with Crippen LogP contribution in [-0.4, -0.2) is 15.0 Å². The molecular weight excluding hydrogens is 671 g/mol. The van der Waals surface area contributed by atoms with Gasteiger partial charge >= 0.3 is 0 Å². The molecule has 9 aromatic carbocycles. The van der Waals surface area contributed by atoms with Gasteiger partial charge < -0.3 is 4.42 Å². The van der Waals surface area contributed by atoms with Gasteiger partial charge in [-0.1, -0.05) is 164 Å². The van der Waals surface area contributed by atoms with Crippen LogP contribution >= 0.6 is 0 Å². The zero-order valence-electron chi connectivity index (χ0n) is 29.6. The van der Waals surface area contributed by atoms with E-state index in [1.165, 1.54) is 26.9 Å². The van der Waals surface area contributed by atoms with Crippen molar-refractivity contribution in [2.75, 3.05) is 0 Å². The van der Waals surface area contributed by atoms with E-state index in [2.05, 4.69) is 158 Å². The van der Waals surface area contributed by atoms with Gasteiger partial charge in [0.1, 0.15) is 11.2 Å². The zero-order valence-corrected chi connectivity index (χ0v) is 29.6. The van der Waals surface area contributed by atoms with Gasteiger partial charge in [-0.2, -0.15) is 0 Å². The average molecular weight is 702 g/mol. The Balaban J connectivity index is 1.18. The van der Waals surface area contributed by atoms with Crippen molar-refractivity contribution in [2.24, 2.45) is 0 Å². The number of aromatic nitrogens is 3. The largest absolute Gasteiger partial charge is 0.456 e. The summed E-state index contributed by atoms with van der Waals surface area (Å²) in [6.45, 7) is 0. The molecule has 0 amide bonds. The van der Waals surface area contributed by atoms with E-state index in [1.54, 1.807) is 0 Å². The normalized spacial score (nSPS) is 11.6. The fraction of sp³-hybridized carbons (Fsp3) is 0. The van der Waals surface area contributed by atoms with Crippen molar-refractivity contribution in [1.82, 2.24) is 15.0 Å². The van der Waals surface area contributed by atoms with Gasteiger partial charge in [0.25, 0.3) is 0 Å². The predicted octanol–water partition coefficient (Wildman–Crippen LogP) is 13.6. The third-order valence-corrected chi connectivity index (χ3v) is 10.7. The van der Waals surface area contributed by atoms with Crippen molar-refractivity contribution in [1.29, 1.82) is 0 Å². The fourth-order valence-corrected chi connectivity index (χ4v) is 8.07. The number of fused-ring (bicyclic) bond motifs is 9. The summed E-state index contributed by atoms with van der Waals surface area (Å²) in [5.41, 5.74) is 8.75. The Bertz CT molecular complexity index is 3210. The lowest BCUT2D eigenvalue weighted by molar-refractivity contribution is 0.669. The average Bonchev–Trinajstić information content (AvgIpc) is 3.65. The van der Waals surface area contributed by atoms with E-state index in [4.69, 9.17) is 19.4 Å². The van der Waals surface area contributed by atoms with Crippen molar-refractivity contribution in [2.45, 2.75) is 0 Å². The molecule has 2 aromatic heterocycles. The Morgan fingerprint density at radius 1 is 0.273 bits per heavy atom. The molecule has 4 nitrogen and oxygen atoms in total. The summed E-state index contributed by atoms with van der Waals surface area (Å²) >= 11 is 0. The molecule has 11 rings (SSSR count). The molecule has 0 aliphatic heterocycles. The summed E-state index contributed by atoms with van der Waals surface area (Å²) < 4.78 is 6.51. The maximum absolute atomic E-state index is 6.51. The monoisotopic (exact) mass is 701 g/mol. The van der Waals surface area contributed by atoms with Crippen LogP contribution in [-0.2, 0) is 0 Å². The van der Waals surface area contributed by atoms with Gasteiger partial charge in [-0.05, 0) is 78.8 Å². The topological polar surface area (TPSA) is 51.8 Å². The lowest BCUT2D eigenvalue weighted by Gasteiger charge is -2.13. The van der Waals surface area contributed by atoms with E-state index in [-0.39, 0.29) is 0 Å². The molecule has 4 heteroatoms. The summed E-state index contributed by atoms with van der Waals surface area (Å²) in [5.74, 6) is 1.80. The first-order valence-corrected chi connectivity index (χ1v) is 18.5. The number of hydrogen-bond acceptors (Lipinski definition) is 4. The fourth-order valence-electron chi connectivity index (χ4n) is 8.07. The first-order chi connectivity index (χ1) is 27.2. The molecule has 0 unspecified atom stereocenters. The third-order valence-electron chi connectivity index (χ3n) is 10.7. The van der Waals surface area contributed by atoms with Gasteiger partial charge in [0.2, 0.25) is 0 Å². The number of nitrogens with zero attached hydrogens (tertiary/aromatic N) is 3. The van der Waals surface area contributed by atoms with E-state index in [0.717, 1.165) is 66.3 Å². The molecule has 0 N–H and O–H groups in total. The van der Waals surface area contributed by atoms with Gasteiger partial charge in [-0.3, -0.25) is 0 Å². The van der Waals surface area contributed by atoms with Gasteiger partial charge in [0.15, 0.2) is 17.5 Å². The van der Waals surface area contributed by atoms with Crippen LogP contribution in [0.1, 0.15) is 0 Å². The molecule has 0 aliphatic carbocycles. The van der Waals surface area contributed by atoms with Crippen LogP contribution in [0.5, 0.6) is 0 Å². The Hall–Kier alpha value is -7.43. The standard InChI is InChI=1S/C51H31N3O/c1-3-13-32(14-4-1)34-23-25-35(26-24-34)49-52-50(36-27-28-42-40-19-8-7-17-38(40)39-18-9-10-20-41(39)44(42)29-36)54-51(53-49)45-30-37(33-15-5-2-6-16-33)31-47-48(45)43-21-11-12-22-46(43)55-47/h1-31H. The highest BCUT2D eigenvalue weighted by molar-refractivity contribution is 6.25. The van der Waals surface area contributed by atoms with Gasteiger partial charge in [-0.15, -0.1) is 0 Å². The van der Waals surface area contributed by atoms with Gasteiger partial charge in [0.05, 0.1) is 0 Å². The summed E-state index contributed by atoms with van der Waals surface area (Å²) in [5, 5.41) is 9.27. The smallest absolute Gasteiger partial charge is 0.164 e. The van der Waals surface area contributed by atoms with E-state index in [1.807, 2.05) is 30.3 Å². The van der Waals surface area contributed by atoms with Crippen LogP contribution < -0.4 is 0 Å². The van der Waals surface area contributed by atoms with Gasteiger partial charge in [-0.25, -0.2) is 15.0 Å². The number of para-hydroxylation sites is 1. The molecule has 55 heavy (non-hydrogen) atoms. The quantitative estimate of drug-likeness (QED) is 0.168. The van der Waals surface area contributed by atoms with E-state index < -0.39 is 0 Å². The predicted molar refractivity (Wildman–Crippen MR) is 227 cm³/mol. The van der Waals surface area contributed by atoms with Crippen molar-refractivity contribution in [3.05, 3.63) is 188 Å². The maximum atomic E-state index is 6.51. The summed E-state index contributed by atoms with van der Waals surface area (Å²) in [4.78, 5) is 15.8. The molecular formula is C51H31N3O. The molecule has 0 aliphatic rings. The summed E-state index contributed by atoms with van der Waals surface area (Å²) in [6.07, 6.45) is 0. The molecule has 11 aromatic rings. The lowest BCUT2D eigenvalue weighted by Crippen LogP contribution is -2.01. The molecule has 0 atom stereocenters. The Morgan fingerprint density at radius 2 is 0.727 bits per heavy atom. The molecule has 0 radical (unpaired) electrons. The summed E-state index contributed by atoms with van der Waals surface area (Å²) in [7, 11) is 0. The number of benzene rings is 9. The molecule has 0 saturated carbocycles. The molecule has 0 saturated heterocycles. The van der Waals surface area contributed by atoms with Crippen molar-refractivity contribution < 1.29 is 4.42 Å². The third kappa shape index (κ3) is 5.26. The second-order valence-corrected chi connectivity index (χ2v) is 14.0. The second kappa shape index (κ2) is 12.6. The van der Waals surface area contributed by atoms with Crippen LogP contribution in [0.3, 0.4) is 0 Å². The minimum Gasteiger partial charge on any atom is -0.456 e. The minimum atomic E-state index is 0.588. The molecule has 256 valence electrons. The Kier molecular flexibility index (Phi) is 7.14. The molecule has 2 heterocycles. The van der Waals surface area contributed by atoms with Crippen LogP contribution in [0, 0.1) is 0 Å². The van der Waals surface area contributed by atoms with Crippen molar-refractivity contribution >= 4 is 54.3 Å². The maximum Gasteiger partial charge on any atom is 0.164 e. The van der Waals surface area contributed by atoms with E-state index >= 15 is 0 Å². The number of hydrogen-bond donors (Lipinski definition) is 0. The lowest BCUT2D eigenvalue weighted by atomic mass is 9.93. The van der Waals surface area contributed by atoms with Crippen molar-refractivity contribution in [3.63, 3.8) is 0 Å². The number of rotatable bonds is 5. The van der Waals surface area contributed by atoms with Crippen LogP contribution in [0.25, 0.3) is 111 Å². The van der Waals surface area contributed by atoms with Gasteiger partial charge in [0, 0.05) is 27.5 Å².